The molecule has 0 amide bonds. The maximum Gasteiger partial charge on any atom is 0.302 e. The van der Waals surface area contributed by atoms with E-state index in [1.54, 1.807) is 6.08 Å². The van der Waals surface area contributed by atoms with Crippen LogP contribution in [0.5, 0.6) is 0 Å². The smallest absolute Gasteiger partial charge is 0.302 e. The van der Waals surface area contributed by atoms with Crippen LogP contribution in [0, 0.1) is 0 Å². The minimum absolute atomic E-state index is 0.246. The van der Waals surface area contributed by atoms with Crippen molar-refractivity contribution in [1.82, 2.24) is 0 Å². The Balaban J connectivity index is 3.31. The van der Waals surface area contributed by atoms with E-state index < -0.39 is 0 Å². The molecule has 0 fully saturated rings. The van der Waals surface area contributed by atoms with Crippen molar-refractivity contribution >= 4 is 5.97 Å². The van der Waals surface area contributed by atoms with Gasteiger partial charge in [0.25, 0.3) is 0 Å². The van der Waals surface area contributed by atoms with Crippen LogP contribution in [0.2, 0.25) is 0 Å². The van der Waals surface area contributed by atoms with E-state index in [-0.39, 0.29) is 5.97 Å². The number of unbranched alkanes of at least 4 members (excludes halogenated alkanes) is 3. The zero-order valence-electron chi connectivity index (χ0n) is 8.51. The van der Waals surface area contributed by atoms with Crippen molar-refractivity contribution in [1.29, 1.82) is 0 Å². The van der Waals surface area contributed by atoms with E-state index in [0.29, 0.717) is 6.61 Å². The maximum absolute atomic E-state index is 10.3. The van der Waals surface area contributed by atoms with Gasteiger partial charge in [-0.25, -0.2) is 0 Å². The molecule has 0 unspecified atom stereocenters. The first-order valence-corrected chi connectivity index (χ1v) is 4.80. The molecule has 0 aromatic rings. The van der Waals surface area contributed by atoms with Gasteiger partial charge in [-0.3, -0.25) is 4.79 Å². The Labute approximate surface area is 80.3 Å². The first-order valence-electron chi connectivity index (χ1n) is 4.80. The maximum atomic E-state index is 10.3. The number of ether oxygens (including phenoxy) is 1. The van der Waals surface area contributed by atoms with Gasteiger partial charge in [-0.2, -0.15) is 0 Å². The lowest BCUT2D eigenvalue weighted by Gasteiger charge is -1.92. The first kappa shape index (κ1) is 12.0. The summed E-state index contributed by atoms with van der Waals surface area (Å²) in [5, 5.41) is 0. The van der Waals surface area contributed by atoms with Gasteiger partial charge in [0.15, 0.2) is 0 Å². The van der Waals surface area contributed by atoms with Gasteiger partial charge in [-0.05, 0) is 25.0 Å². The second-order valence-electron chi connectivity index (χ2n) is 2.87. The van der Waals surface area contributed by atoms with Gasteiger partial charge in [0.1, 0.15) is 6.61 Å². The minimum atomic E-state index is -0.246. The van der Waals surface area contributed by atoms with Crippen molar-refractivity contribution in [3.05, 3.63) is 17.9 Å². The average Bonchev–Trinajstić information content (AvgIpc) is 2.09. The number of rotatable bonds is 6. The molecule has 0 aromatic heterocycles. The van der Waals surface area contributed by atoms with Crippen molar-refractivity contribution in [2.24, 2.45) is 0 Å². The topological polar surface area (TPSA) is 26.3 Å². The van der Waals surface area contributed by atoms with Crippen LogP contribution in [0.25, 0.3) is 0 Å². The molecule has 2 nitrogen and oxygen atoms in total. The Morgan fingerprint density at radius 1 is 1.38 bits per heavy atom. The Morgan fingerprint density at radius 3 is 2.77 bits per heavy atom. The van der Waals surface area contributed by atoms with Gasteiger partial charge in [0.2, 0.25) is 0 Å². The van der Waals surface area contributed by atoms with Gasteiger partial charge >= 0.3 is 5.97 Å². The zero-order chi connectivity index (χ0) is 9.94. The molecule has 2 heteroatoms. The summed E-state index contributed by atoms with van der Waals surface area (Å²) in [5.74, 6) is -0.246. The van der Waals surface area contributed by atoms with Crippen LogP contribution in [-0.4, -0.2) is 12.6 Å². The van der Waals surface area contributed by atoms with Crippen LogP contribution in [-0.2, 0) is 9.53 Å². The molecule has 0 aliphatic heterocycles. The highest BCUT2D eigenvalue weighted by Gasteiger charge is 1.85. The molecule has 0 bridgehead atoms. The number of carbonyl (C=O) groups is 1. The third-order valence-corrected chi connectivity index (χ3v) is 1.56. The van der Waals surface area contributed by atoms with Crippen LogP contribution >= 0.6 is 0 Å². The molecule has 0 atom stereocenters. The molecular weight excluding hydrogens is 164 g/mol. The Kier molecular flexibility index (Phi) is 8.38. The highest BCUT2D eigenvalue weighted by molar-refractivity contribution is 5.65. The van der Waals surface area contributed by atoms with E-state index in [9.17, 15) is 4.79 Å². The molecule has 0 heterocycles. The quantitative estimate of drug-likeness (QED) is 0.358. The number of hydrogen-bond acceptors (Lipinski definition) is 2. The third kappa shape index (κ3) is 11.0. The monoisotopic (exact) mass is 182 g/mol. The fraction of sp³-hybridized carbons (Fsp3) is 0.636. The molecule has 0 spiro atoms. The Bertz CT molecular complexity index is 188. The average molecular weight is 182 g/mol. The van der Waals surface area contributed by atoms with Crippen molar-refractivity contribution in [3.63, 3.8) is 0 Å². The standard InChI is InChI=1S/C11H18O2/c1-3-4-5-6-7-8-9-10-13-11(2)12/h7,9H,3-6,10H2,1-2H3. The summed E-state index contributed by atoms with van der Waals surface area (Å²) in [7, 11) is 0. The summed E-state index contributed by atoms with van der Waals surface area (Å²) in [4.78, 5) is 10.3. The molecule has 0 aliphatic carbocycles. The molecular formula is C11H18O2. The first-order chi connectivity index (χ1) is 6.27. The summed E-state index contributed by atoms with van der Waals surface area (Å²) < 4.78 is 4.69. The van der Waals surface area contributed by atoms with Crippen LogP contribution in [0.15, 0.2) is 17.9 Å². The second-order valence-corrected chi connectivity index (χ2v) is 2.87. The molecule has 0 rings (SSSR count). The summed E-state index contributed by atoms with van der Waals surface area (Å²) in [6.45, 7) is 3.92. The molecule has 0 aromatic carbocycles. The zero-order valence-corrected chi connectivity index (χ0v) is 8.51. The predicted molar refractivity (Wildman–Crippen MR) is 53.4 cm³/mol. The number of carbonyl (C=O) groups excluding carboxylic acids is 1. The lowest BCUT2D eigenvalue weighted by Crippen LogP contribution is -1.96. The van der Waals surface area contributed by atoms with Crippen molar-refractivity contribution < 1.29 is 9.53 Å². The van der Waals surface area contributed by atoms with Crippen LogP contribution in [0.3, 0.4) is 0 Å². The fourth-order valence-corrected chi connectivity index (χ4v) is 0.870. The summed E-state index contributed by atoms with van der Waals surface area (Å²) >= 11 is 0. The molecule has 0 aliphatic rings. The summed E-state index contributed by atoms with van der Waals surface area (Å²) in [6, 6.07) is 0. The number of hydrogen-bond donors (Lipinski definition) is 0. The normalized spacial score (nSPS) is 8.77. The lowest BCUT2D eigenvalue weighted by atomic mass is 10.2. The van der Waals surface area contributed by atoms with E-state index in [0.717, 1.165) is 6.42 Å². The molecule has 74 valence electrons. The lowest BCUT2D eigenvalue weighted by molar-refractivity contribution is -0.139. The molecule has 13 heavy (non-hydrogen) atoms. The highest BCUT2D eigenvalue weighted by atomic mass is 16.5. The van der Waals surface area contributed by atoms with Crippen LogP contribution in [0.1, 0.15) is 39.5 Å². The summed E-state index contributed by atoms with van der Waals surface area (Å²) in [5.41, 5.74) is 2.97. The Hall–Kier alpha value is -1.01. The van der Waals surface area contributed by atoms with Crippen molar-refractivity contribution in [3.8, 4) is 0 Å². The van der Waals surface area contributed by atoms with Gasteiger partial charge in [-0.15, -0.1) is 5.73 Å². The van der Waals surface area contributed by atoms with Gasteiger partial charge < -0.3 is 4.74 Å². The molecule has 0 saturated heterocycles. The van der Waals surface area contributed by atoms with Gasteiger partial charge in [0.05, 0.1) is 0 Å². The Morgan fingerprint density at radius 2 is 2.15 bits per heavy atom. The van der Waals surface area contributed by atoms with Gasteiger partial charge in [0, 0.05) is 6.92 Å². The van der Waals surface area contributed by atoms with E-state index in [4.69, 9.17) is 4.74 Å². The van der Waals surface area contributed by atoms with E-state index in [1.807, 2.05) is 6.08 Å². The predicted octanol–water partition coefficient (Wildman–Crippen LogP) is 2.84. The number of esters is 1. The van der Waals surface area contributed by atoms with E-state index >= 15 is 0 Å². The minimum Gasteiger partial charge on any atom is -0.461 e. The van der Waals surface area contributed by atoms with Crippen LogP contribution < -0.4 is 0 Å². The van der Waals surface area contributed by atoms with E-state index in [2.05, 4.69) is 12.7 Å². The molecule has 0 saturated carbocycles. The molecule has 0 N–H and O–H groups in total. The SMILES string of the molecule is CCCCCC=C=CCOC(C)=O. The second kappa shape index (κ2) is 9.08. The van der Waals surface area contributed by atoms with Crippen LogP contribution in [0.4, 0.5) is 0 Å². The molecule has 0 radical (unpaired) electrons. The highest BCUT2D eigenvalue weighted by Crippen LogP contribution is 1.98. The van der Waals surface area contributed by atoms with E-state index in [1.165, 1.54) is 26.2 Å². The van der Waals surface area contributed by atoms with Crippen molar-refractivity contribution in [2.45, 2.75) is 39.5 Å². The fourth-order valence-electron chi connectivity index (χ4n) is 0.870. The summed E-state index contributed by atoms with van der Waals surface area (Å²) in [6.07, 6.45) is 8.49. The van der Waals surface area contributed by atoms with Crippen molar-refractivity contribution in [2.75, 3.05) is 6.61 Å². The van der Waals surface area contributed by atoms with Gasteiger partial charge in [-0.1, -0.05) is 19.8 Å². The third-order valence-electron chi connectivity index (χ3n) is 1.56. The largest absolute Gasteiger partial charge is 0.461 e.